The number of para-hydroxylation sites is 1. The molecule has 2 aromatic rings. The van der Waals surface area contributed by atoms with E-state index in [0.29, 0.717) is 18.7 Å². The highest BCUT2D eigenvalue weighted by Gasteiger charge is 2.26. The van der Waals surface area contributed by atoms with Crippen molar-refractivity contribution in [2.45, 2.75) is 26.7 Å². The second-order valence-corrected chi connectivity index (χ2v) is 6.75. The van der Waals surface area contributed by atoms with Crippen molar-refractivity contribution < 1.29 is 14.7 Å². The molecule has 2 heterocycles. The molecule has 1 saturated heterocycles. The monoisotopic (exact) mass is 356 g/mol. The van der Waals surface area contributed by atoms with Crippen molar-refractivity contribution >= 4 is 17.6 Å². The van der Waals surface area contributed by atoms with Crippen LogP contribution in [-0.2, 0) is 9.59 Å². The number of rotatable bonds is 5. The number of aryl methyl sites for hydroxylation is 1. The summed E-state index contributed by atoms with van der Waals surface area (Å²) < 4.78 is 1.81. The predicted octanol–water partition coefficient (Wildman–Crippen LogP) is 2.22. The number of nitrogens with one attached hydrogen (secondary N) is 1. The molecule has 1 aliphatic rings. The van der Waals surface area contributed by atoms with E-state index < -0.39 is 5.97 Å². The molecule has 0 bridgehead atoms. The Morgan fingerprint density at radius 2 is 2.00 bits per heavy atom. The van der Waals surface area contributed by atoms with Crippen LogP contribution in [0.1, 0.15) is 24.2 Å². The number of amides is 1. The molecule has 0 radical (unpaired) electrons. The number of carbonyl (C=O) groups is 2. The van der Waals surface area contributed by atoms with Gasteiger partial charge in [0, 0.05) is 6.54 Å². The van der Waals surface area contributed by atoms with Crippen LogP contribution >= 0.6 is 0 Å². The van der Waals surface area contributed by atoms with Gasteiger partial charge in [-0.2, -0.15) is 5.10 Å². The lowest BCUT2D eigenvalue weighted by molar-refractivity contribution is -0.144. The van der Waals surface area contributed by atoms with Crippen molar-refractivity contribution in [3.05, 3.63) is 41.7 Å². The molecule has 138 valence electrons. The minimum Gasteiger partial charge on any atom is -0.481 e. The van der Waals surface area contributed by atoms with Crippen LogP contribution in [0.3, 0.4) is 0 Å². The van der Waals surface area contributed by atoms with Gasteiger partial charge in [0.2, 0.25) is 5.91 Å². The lowest BCUT2D eigenvalue weighted by Crippen LogP contribution is -2.42. The number of hydrogen-bond acceptors (Lipinski definition) is 4. The Kier molecular flexibility index (Phi) is 5.37. The number of carbonyl (C=O) groups excluding carboxylic acids is 1. The van der Waals surface area contributed by atoms with Crippen LogP contribution in [-0.4, -0.2) is 51.3 Å². The highest BCUT2D eigenvalue weighted by molar-refractivity contribution is 5.93. The standard InChI is InChI=1S/C19H24N4O3/c1-13-18(14(2)23(21-13)16-8-4-3-5-9-16)20-17(24)12-22-10-6-7-15(11-22)19(25)26/h3-5,8-9,15H,6-7,10-12H2,1-2H3,(H,20,24)(H,25,26). The Hall–Kier alpha value is -2.67. The molecule has 1 aliphatic heterocycles. The number of benzene rings is 1. The van der Waals surface area contributed by atoms with Gasteiger partial charge in [-0.3, -0.25) is 14.5 Å². The quantitative estimate of drug-likeness (QED) is 0.858. The van der Waals surface area contributed by atoms with Crippen molar-refractivity contribution in [3.8, 4) is 5.69 Å². The number of aliphatic carboxylic acids is 1. The lowest BCUT2D eigenvalue weighted by Gasteiger charge is -2.29. The molecule has 0 spiro atoms. The molecule has 1 atom stereocenters. The average molecular weight is 356 g/mol. The van der Waals surface area contributed by atoms with E-state index in [9.17, 15) is 14.7 Å². The van der Waals surface area contributed by atoms with Crippen molar-refractivity contribution in [1.82, 2.24) is 14.7 Å². The van der Waals surface area contributed by atoms with Crippen LogP contribution in [0.2, 0.25) is 0 Å². The summed E-state index contributed by atoms with van der Waals surface area (Å²) in [4.78, 5) is 25.5. The van der Waals surface area contributed by atoms with Crippen molar-refractivity contribution in [2.75, 3.05) is 25.0 Å². The van der Waals surface area contributed by atoms with Gasteiger partial charge >= 0.3 is 5.97 Å². The third kappa shape index (κ3) is 3.94. The molecule has 1 amide bonds. The fraction of sp³-hybridized carbons (Fsp3) is 0.421. The maximum atomic E-state index is 12.5. The van der Waals surface area contributed by atoms with E-state index in [4.69, 9.17) is 0 Å². The first-order valence-electron chi connectivity index (χ1n) is 8.82. The summed E-state index contributed by atoms with van der Waals surface area (Å²) in [6.45, 7) is 5.15. The maximum Gasteiger partial charge on any atom is 0.307 e. The predicted molar refractivity (Wildman–Crippen MR) is 98.5 cm³/mol. The minimum absolute atomic E-state index is 0.144. The summed E-state index contributed by atoms with van der Waals surface area (Å²) in [5.41, 5.74) is 3.27. The Morgan fingerprint density at radius 3 is 2.69 bits per heavy atom. The molecular weight excluding hydrogens is 332 g/mol. The van der Waals surface area contributed by atoms with E-state index in [1.165, 1.54) is 0 Å². The van der Waals surface area contributed by atoms with Crippen LogP contribution < -0.4 is 5.32 Å². The van der Waals surface area contributed by atoms with Gasteiger partial charge in [-0.15, -0.1) is 0 Å². The number of hydrogen-bond donors (Lipinski definition) is 2. The smallest absolute Gasteiger partial charge is 0.307 e. The van der Waals surface area contributed by atoms with E-state index in [1.54, 1.807) is 0 Å². The summed E-state index contributed by atoms with van der Waals surface area (Å²) in [6.07, 6.45) is 1.48. The van der Waals surface area contributed by atoms with E-state index >= 15 is 0 Å². The van der Waals surface area contributed by atoms with Gasteiger partial charge in [-0.1, -0.05) is 18.2 Å². The van der Waals surface area contributed by atoms with Crippen LogP contribution in [0.15, 0.2) is 30.3 Å². The zero-order valence-corrected chi connectivity index (χ0v) is 15.1. The topological polar surface area (TPSA) is 87.5 Å². The van der Waals surface area contributed by atoms with Crippen LogP contribution in [0.4, 0.5) is 5.69 Å². The SMILES string of the molecule is Cc1nn(-c2ccccc2)c(C)c1NC(=O)CN1CCCC(C(=O)O)C1. The van der Waals surface area contributed by atoms with Gasteiger partial charge in [-0.25, -0.2) is 4.68 Å². The second-order valence-electron chi connectivity index (χ2n) is 6.75. The van der Waals surface area contributed by atoms with Gasteiger partial charge in [0.05, 0.1) is 35.2 Å². The first kappa shape index (κ1) is 18.1. The number of likely N-dealkylation sites (tertiary alicyclic amines) is 1. The molecule has 1 unspecified atom stereocenters. The maximum absolute atomic E-state index is 12.5. The van der Waals surface area contributed by atoms with Crippen molar-refractivity contribution in [2.24, 2.45) is 5.92 Å². The first-order chi connectivity index (χ1) is 12.5. The summed E-state index contributed by atoms with van der Waals surface area (Å²) >= 11 is 0. The van der Waals surface area contributed by atoms with Gasteiger partial charge in [-0.05, 0) is 45.4 Å². The molecule has 2 N–H and O–H groups in total. The minimum atomic E-state index is -0.786. The third-order valence-corrected chi connectivity index (χ3v) is 4.78. The molecule has 26 heavy (non-hydrogen) atoms. The van der Waals surface area contributed by atoms with E-state index in [-0.39, 0.29) is 18.4 Å². The molecule has 0 saturated carbocycles. The number of carboxylic acid groups (broad SMARTS) is 1. The molecular formula is C19H24N4O3. The molecule has 3 rings (SSSR count). The Balaban J connectivity index is 1.68. The Bertz CT molecular complexity index is 801. The van der Waals surface area contributed by atoms with Gasteiger partial charge in [0.1, 0.15) is 0 Å². The van der Waals surface area contributed by atoms with Gasteiger partial charge in [0.15, 0.2) is 0 Å². The Morgan fingerprint density at radius 1 is 1.27 bits per heavy atom. The summed E-state index contributed by atoms with van der Waals surface area (Å²) in [5.74, 6) is -1.32. The first-order valence-corrected chi connectivity index (χ1v) is 8.82. The number of aromatic nitrogens is 2. The lowest BCUT2D eigenvalue weighted by atomic mass is 9.98. The molecule has 0 aliphatic carbocycles. The van der Waals surface area contributed by atoms with E-state index in [2.05, 4.69) is 10.4 Å². The largest absolute Gasteiger partial charge is 0.481 e. The number of nitrogens with zero attached hydrogens (tertiary/aromatic N) is 3. The summed E-state index contributed by atoms with van der Waals surface area (Å²) in [6, 6.07) is 9.76. The number of piperidine rings is 1. The summed E-state index contributed by atoms with van der Waals surface area (Å²) in [7, 11) is 0. The fourth-order valence-corrected chi connectivity index (χ4v) is 3.43. The third-order valence-electron chi connectivity index (χ3n) is 4.78. The highest BCUT2D eigenvalue weighted by atomic mass is 16.4. The normalized spacial score (nSPS) is 17.8. The second kappa shape index (κ2) is 7.70. The molecule has 1 aromatic heterocycles. The van der Waals surface area contributed by atoms with E-state index in [1.807, 2.05) is 53.8 Å². The van der Waals surface area contributed by atoms with Crippen LogP contribution in [0.5, 0.6) is 0 Å². The molecule has 7 heteroatoms. The Labute approximate surface area is 152 Å². The number of anilines is 1. The van der Waals surface area contributed by atoms with Gasteiger partial charge < -0.3 is 10.4 Å². The average Bonchev–Trinajstić information content (AvgIpc) is 2.91. The van der Waals surface area contributed by atoms with Crippen molar-refractivity contribution in [1.29, 1.82) is 0 Å². The van der Waals surface area contributed by atoms with Gasteiger partial charge in [0.25, 0.3) is 0 Å². The number of carboxylic acids is 1. The molecule has 1 fully saturated rings. The zero-order valence-electron chi connectivity index (χ0n) is 15.1. The fourth-order valence-electron chi connectivity index (χ4n) is 3.43. The van der Waals surface area contributed by atoms with Crippen molar-refractivity contribution in [3.63, 3.8) is 0 Å². The molecule has 7 nitrogen and oxygen atoms in total. The van der Waals surface area contributed by atoms with E-state index in [0.717, 1.165) is 30.0 Å². The molecule has 1 aromatic carbocycles. The zero-order chi connectivity index (χ0) is 18.7. The van der Waals surface area contributed by atoms with Crippen LogP contribution in [0, 0.1) is 19.8 Å². The van der Waals surface area contributed by atoms with Crippen LogP contribution in [0.25, 0.3) is 5.69 Å². The highest BCUT2D eigenvalue weighted by Crippen LogP contribution is 2.23. The summed E-state index contributed by atoms with van der Waals surface area (Å²) in [5, 5.41) is 16.6.